The summed E-state index contributed by atoms with van der Waals surface area (Å²) in [6.07, 6.45) is 1.11. The Labute approximate surface area is 92.9 Å². The van der Waals surface area contributed by atoms with Crippen LogP contribution in [0.15, 0.2) is 0 Å². The molecule has 1 saturated heterocycles. The first-order valence-corrected chi connectivity index (χ1v) is 5.90. The molecule has 0 bridgehead atoms. The van der Waals surface area contributed by atoms with Gasteiger partial charge in [0, 0.05) is 39.4 Å². The van der Waals surface area contributed by atoms with Crippen LogP contribution in [-0.4, -0.2) is 64.1 Å². The molecule has 90 valence electrons. The van der Waals surface area contributed by atoms with Gasteiger partial charge in [0.15, 0.2) is 0 Å². The first-order chi connectivity index (χ1) is 7.38. The Kier molecular flexibility index (Phi) is 6.92. The molecule has 0 aromatic heterocycles. The van der Waals surface area contributed by atoms with Gasteiger partial charge in [-0.3, -0.25) is 4.90 Å². The third-order valence-electron chi connectivity index (χ3n) is 2.77. The Balaban J connectivity index is 2.22. The zero-order valence-corrected chi connectivity index (χ0v) is 10.00. The Morgan fingerprint density at radius 3 is 3.13 bits per heavy atom. The molecule has 0 radical (unpaired) electrons. The van der Waals surface area contributed by atoms with Crippen LogP contribution in [0.2, 0.25) is 0 Å². The van der Waals surface area contributed by atoms with Gasteiger partial charge in [-0.15, -0.1) is 0 Å². The van der Waals surface area contributed by atoms with Crippen LogP contribution in [0.3, 0.4) is 0 Å². The van der Waals surface area contributed by atoms with Gasteiger partial charge in [0.05, 0.1) is 13.2 Å². The average Bonchev–Trinajstić information content (AvgIpc) is 2.28. The molecule has 4 nitrogen and oxygen atoms in total. The maximum absolute atomic E-state index is 5.50. The second-order valence-corrected chi connectivity index (χ2v) is 3.92. The van der Waals surface area contributed by atoms with Crippen molar-refractivity contribution >= 4 is 0 Å². The molecule has 0 aromatic rings. The summed E-state index contributed by atoms with van der Waals surface area (Å²) < 4.78 is 10.6. The zero-order chi connectivity index (χ0) is 10.9. The zero-order valence-electron chi connectivity index (χ0n) is 10.00. The monoisotopic (exact) mass is 216 g/mol. The maximum atomic E-state index is 5.50. The predicted octanol–water partition coefficient (Wildman–Crippen LogP) is 0.333. The molecular weight excluding hydrogens is 192 g/mol. The molecule has 1 rings (SSSR count). The summed E-state index contributed by atoms with van der Waals surface area (Å²) in [5, 5.41) is 3.39. The molecule has 1 atom stereocenters. The van der Waals surface area contributed by atoms with E-state index in [0.29, 0.717) is 6.04 Å². The van der Waals surface area contributed by atoms with E-state index in [2.05, 4.69) is 17.1 Å². The molecule has 1 aliphatic heterocycles. The second-order valence-electron chi connectivity index (χ2n) is 3.92. The molecule has 0 spiro atoms. The number of likely N-dealkylation sites (N-methyl/N-ethyl adjacent to an activating group) is 1. The summed E-state index contributed by atoms with van der Waals surface area (Å²) in [7, 11) is 1.76. The number of hydrogen-bond donors (Lipinski definition) is 1. The molecule has 0 saturated carbocycles. The first kappa shape index (κ1) is 12.9. The fourth-order valence-electron chi connectivity index (χ4n) is 1.89. The van der Waals surface area contributed by atoms with Gasteiger partial charge in [-0.05, 0) is 13.0 Å². The molecule has 0 amide bonds. The Hall–Kier alpha value is -0.160. The van der Waals surface area contributed by atoms with Gasteiger partial charge < -0.3 is 14.8 Å². The summed E-state index contributed by atoms with van der Waals surface area (Å²) in [5.74, 6) is 0. The van der Waals surface area contributed by atoms with E-state index in [0.717, 1.165) is 52.4 Å². The van der Waals surface area contributed by atoms with Crippen molar-refractivity contribution in [2.45, 2.75) is 19.4 Å². The molecule has 0 aliphatic carbocycles. The van der Waals surface area contributed by atoms with Crippen LogP contribution in [0.4, 0.5) is 0 Å². The van der Waals surface area contributed by atoms with E-state index in [4.69, 9.17) is 9.47 Å². The molecular formula is C11H24N2O2. The molecule has 1 fully saturated rings. The van der Waals surface area contributed by atoms with Crippen LogP contribution in [0.25, 0.3) is 0 Å². The fourth-order valence-corrected chi connectivity index (χ4v) is 1.89. The highest BCUT2D eigenvalue weighted by Crippen LogP contribution is 2.06. The van der Waals surface area contributed by atoms with Gasteiger partial charge in [0.2, 0.25) is 0 Å². The molecule has 1 heterocycles. The minimum Gasteiger partial charge on any atom is -0.385 e. The topological polar surface area (TPSA) is 33.7 Å². The van der Waals surface area contributed by atoms with E-state index in [1.54, 1.807) is 7.11 Å². The van der Waals surface area contributed by atoms with Crippen molar-refractivity contribution < 1.29 is 9.47 Å². The first-order valence-electron chi connectivity index (χ1n) is 5.90. The van der Waals surface area contributed by atoms with Gasteiger partial charge >= 0.3 is 0 Å². The minimum atomic E-state index is 0.538. The van der Waals surface area contributed by atoms with Crippen molar-refractivity contribution in [3.63, 3.8) is 0 Å². The number of rotatable bonds is 7. The quantitative estimate of drug-likeness (QED) is 0.622. The lowest BCUT2D eigenvalue weighted by molar-refractivity contribution is -0.00947. The number of nitrogens with zero attached hydrogens (tertiary/aromatic N) is 1. The number of ether oxygens (including phenoxy) is 2. The Bertz CT molecular complexity index is 156. The number of morpholine rings is 1. The smallest absolute Gasteiger partial charge is 0.0634 e. The van der Waals surface area contributed by atoms with Crippen LogP contribution in [0.5, 0.6) is 0 Å². The molecule has 4 heteroatoms. The van der Waals surface area contributed by atoms with Crippen molar-refractivity contribution in [1.82, 2.24) is 10.2 Å². The minimum absolute atomic E-state index is 0.538. The lowest BCUT2D eigenvalue weighted by Gasteiger charge is -2.35. The number of nitrogens with one attached hydrogen (secondary N) is 1. The third-order valence-corrected chi connectivity index (χ3v) is 2.77. The summed E-state index contributed by atoms with van der Waals surface area (Å²) in [6, 6.07) is 0.538. The van der Waals surface area contributed by atoms with E-state index in [1.165, 1.54) is 0 Å². The molecule has 0 aromatic carbocycles. The summed E-state index contributed by atoms with van der Waals surface area (Å²) in [4.78, 5) is 2.51. The predicted molar refractivity (Wildman–Crippen MR) is 61.2 cm³/mol. The lowest BCUT2D eigenvalue weighted by Crippen LogP contribution is -2.50. The van der Waals surface area contributed by atoms with Crippen molar-refractivity contribution in [2.75, 3.05) is 53.1 Å². The molecule has 1 aliphatic rings. The van der Waals surface area contributed by atoms with Crippen LogP contribution in [0.1, 0.15) is 13.3 Å². The van der Waals surface area contributed by atoms with Crippen LogP contribution in [0, 0.1) is 0 Å². The van der Waals surface area contributed by atoms with Gasteiger partial charge in [-0.2, -0.15) is 0 Å². The van der Waals surface area contributed by atoms with Gasteiger partial charge in [-0.1, -0.05) is 6.92 Å². The summed E-state index contributed by atoms with van der Waals surface area (Å²) in [5.41, 5.74) is 0. The lowest BCUT2D eigenvalue weighted by atomic mass is 10.2. The van der Waals surface area contributed by atoms with E-state index >= 15 is 0 Å². The average molecular weight is 216 g/mol. The Morgan fingerprint density at radius 2 is 2.40 bits per heavy atom. The van der Waals surface area contributed by atoms with Gasteiger partial charge in [-0.25, -0.2) is 0 Å². The third kappa shape index (κ3) is 4.93. The highest BCUT2D eigenvalue weighted by Gasteiger charge is 2.21. The van der Waals surface area contributed by atoms with E-state index in [1.807, 2.05) is 0 Å². The standard InChI is InChI=1S/C11H24N2O2/c1-3-12-9-11-10-15-8-6-13(11)5-4-7-14-2/h11-12H,3-10H2,1-2H3. The summed E-state index contributed by atoms with van der Waals surface area (Å²) >= 11 is 0. The fraction of sp³-hybridized carbons (Fsp3) is 1.00. The second kappa shape index (κ2) is 8.05. The van der Waals surface area contributed by atoms with Gasteiger partial charge in [0.1, 0.15) is 0 Å². The largest absolute Gasteiger partial charge is 0.385 e. The SMILES string of the molecule is CCNCC1COCCN1CCCOC. The van der Waals surface area contributed by atoms with E-state index in [9.17, 15) is 0 Å². The van der Waals surface area contributed by atoms with Crippen LogP contribution >= 0.6 is 0 Å². The van der Waals surface area contributed by atoms with Crippen molar-refractivity contribution in [1.29, 1.82) is 0 Å². The van der Waals surface area contributed by atoms with Crippen molar-refractivity contribution in [3.8, 4) is 0 Å². The number of methoxy groups -OCH3 is 1. The highest BCUT2D eigenvalue weighted by molar-refractivity contribution is 4.77. The number of hydrogen-bond acceptors (Lipinski definition) is 4. The Morgan fingerprint density at radius 1 is 1.53 bits per heavy atom. The molecule has 15 heavy (non-hydrogen) atoms. The van der Waals surface area contributed by atoms with E-state index < -0.39 is 0 Å². The van der Waals surface area contributed by atoms with Crippen molar-refractivity contribution in [3.05, 3.63) is 0 Å². The summed E-state index contributed by atoms with van der Waals surface area (Å²) in [6.45, 7) is 8.96. The normalized spacial score (nSPS) is 23.2. The van der Waals surface area contributed by atoms with Crippen LogP contribution < -0.4 is 5.32 Å². The van der Waals surface area contributed by atoms with Crippen molar-refractivity contribution in [2.24, 2.45) is 0 Å². The highest BCUT2D eigenvalue weighted by atomic mass is 16.5. The van der Waals surface area contributed by atoms with E-state index in [-0.39, 0.29) is 0 Å². The maximum Gasteiger partial charge on any atom is 0.0634 e. The van der Waals surface area contributed by atoms with Crippen LogP contribution in [-0.2, 0) is 9.47 Å². The molecule has 1 N–H and O–H groups in total. The molecule has 1 unspecified atom stereocenters. The van der Waals surface area contributed by atoms with Gasteiger partial charge in [0.25, 0.3) is 0 Å².